The molecule has 1 saturated heterocycles. The molecule has 1 unspecified atom stereocenters. The Morgan fingerprint density at radius 1 is 1.52 bits per heavy atom. The Hall–Kier alpha value is -1.66. The molecule has 116 valence electrons. The van der Waals surface area contributed by atoms with Crippen molar-refractivity contribution in [2.24, 2.45) is 5.92 Å². The van der Waals surface area contributed by atoms with Crippen LogP contribution in [0.25, 0.3) is 0 Å². The third kappa shape index (κ3) is 4.68. The molecule has 1 aliphatic heterocycles. The molecule has 1 aliphatic rings. The molecule has 6 nitrogen and oxygen atoms in total. The number of halogens is 1. The van der Waals surface area contributed by atoms with Crippen LogP contribution in [0.2, 0.25) is 0 Å². The number of amides is 1. The Morgan fingerprint density at radius 2 is 2.29 bits per heavy atom. The van der Waals surface area contributed by atoms with Gasteiger partial charge in [0.25, 0.3) is 5.69 Å². The van der Waals surface area contributed by atoms with Crippen LogP contribution < -0.4 is 10.6 Å². The molecule has 2 rings (SSSR count). The van der Waals surface area contributed by atoms with Crippen molar-refractivity contribution in [3.05, 3.63) is 39.4 Å². The van der Waals surface area contributed by atoms with Crippen LogP contribution in [-0.2, 0) is 11.3 Å². The standard InChI is InChI=1S/C14H19N3O3.ClH/c1-10-12(3-2-4-13(10)17(19)20)9-16-14(18)7-11-5-6-15-8-11;/h2-4,11,15H,5-9H2,1H3,(H,16,18);1H. The molecule has 1 atom stereocenters. The van der Waals surface area contributed by atoms with E-state index < -0.39 is 4.92 Å². The third-order valence-electron chi connectivity index (χ3n) is 3.73. The molecule has 0 radical (unpaired) electrons. The van der Waals surface area contributed by atoms with E-state index in [2.05, 4.69) is 10.6 Å². The number of carbonyl (C=O) groups is 1. The highest BCUT2D eigenvalue weighted by atomic mass is 35.5. The molecule has 0 bridgehead atoms. The van der Waals surface area contributed by atoms with Crippen LogP contribution in [0.5, 0.6) is 0 Å². The zero-order chi connectivity index (χ0) is 14.5. The first kappa shape index (κ1) is 17.4. The molecule has 21 heavy (non-hydrogen) atoms. The van der Waals surface area contributed by atoms with Crippen LogP contribution in [0.1, 0.15) is 24.0 Å². The van der Waals surface area contributed by atoms with Gasteiger partial charge in [0.15, 0.2) is 0 Å². The number of nitro groups is 1. The summed E-state index contributed by atoms with van der Waals surface area (Å²) in [5.41, 5.74) is 1.49. The topological polar surface area (TPSA) is 84.3 Å². The van der Waals surface area contributed by atoms with Crippen molar-refractivity contribution >= 4 is 24.0 Å². The van der Waals surface area contributed by atoms with Gasteiger partial charge in [0, 0.05) is 24.6 Å². The molecule has 1 heterocycles. The van der Waals surface area contributed by atoms with Gasteiger partial charge in [0.2, 0.25) is 5.91 Å². The summed E-state index contributed by atoms with van der Waals surface area (Å²) in [6.45, 7) is 3.91. The molecular formula is C14H20ClN3O3. The highest BCUT2D eigenvalue weighted by molar-refractivity contribution is 5.85. The van der Waals surface area contributed by atoms with E-state index in [1.807, 2.05) is 0 Å². The lowest BCUT2D eigenvalue weighted by molar-refractivity contribution is -0.385. The summed E-state index contributed by atoms with van der Waals surface area (Å²) in [7, 11) is 0. The van der Waals surface area contributed by atoms with Gasteiger partial charge in [-0.15, -0.1) is 12.4 Å². The lowest BCUT2D eigenvalue weighted by Crippen LogP contribution is -2.26. The minimum atomic E-state index is -0.398. The van der Waals surface area contributed by atoms with Crippen LogP contribution in [0.3, 0.4) is 0 Å². The van der Waals surface area contributed by atoms with Gasteiger partial charge in [-0.1, -0.05) is 12.1 Å². The molecule has 2 N–H and O–H groups in total. The number of hydrogen-bond acceptors (Lipinski definition) is 4. The number of benzene rings is 1. The normalized spacial score (nSPS) is 17.1. The smallest absolute Gasteiger partial charge is 0.272 e. The lowest BCUT2D eigenvalue weighted by atomic mass is 10.0. The van der Waals surface area contributed by atoms with Gasteiger partial charge in [-0.2, -0.15) is 0 Å². The quantitative estimate of drug-likeness (QED) is 0.642. The Kier molecular flexibility index (Phi) is 6.58. The number of nitrogens with one attached hydrogen (secondary N) is 2. The predicted octanol–water partition coefficient (Wildman–Crippen LogP) is 1.94. The molecule has 0 aromatic heterocycles. The van der Waals surface area contributed by atoms with Gasteiger partial charge >= 0.3 is 0 Å². The number of nitrogens with zero attached hydrogens (tertiary/aromatic N) is 1. The molecule has 1 amide bonds. The molecule has 1 fully saturated rings. The van der Waals surface area contributed by atoms with Gasteiger partial charge in [-0.05, 0) is 37.9 Å². The van der Waals surface area contributed by atoms with E-state index in [-0.39, 0.29) is 24.0 Å². The van der Waals surface area contributed by atoms with Gasteiger partial charge in [-0.3, -0.25) is 14.9 Å². The second kappa shape index (κ2) is 7.95. The van der Waals surface area contributed by atoms with Crippen molar-refractivity contribution < 1.29 is 9.72 Å². The van der Waals surface area contributed by atoms with E-state index in [0.29, 0.717) is 24.4 Å². The first-order valence-corrected chi connectivity index (χ1v) is 6.78. The summed E-state index contributed by atoms with van der Waals surface area (Å²) in [5, 5.41) is 16.9. The van der Waals surface area contributed by atoms with Crippen molar-refractivity contribution in [3.8, 4) is 0 Å². The second-order valence-corrected chi connectivity index (χ2v) is 5.16. The van der Waals surface area contributed by atoms with E-state index in [1.54, 1.807) is 19.1 Å². The van der Waals surface area contributed by atoms with E-state index in [4.69, 9.17) is 0 Å². The molecular weight excluding hydrogens is 294 g/mol. The molecule has 1 aromatic rings. The lowest BCUT2D eigenvalue weighted by Gasteiger charge is -2.10. The number of carbonyl (C=O) groups excluding carboxylic acids is 1. The number of rotatable bonds is 5. The van der Waals surface area contributed by atoms with E-state index in [1.165, 1.54) is 6.07 Å². The monoisotopic (exact) mass is 313 g/mol. The predicted molar refractivity (Wildman–Crippen MR) is 82.5 cm³/mol. The van der Waals surface area contributed by atoms with Crippen molar-refractivity contribution in [1.29, 1.82) is 0 Å². The molecule has 0 saturated carbocycles. The minimum Gasteiger partial charge on any atom is -0.352 e. The zero-order valence-corrected chi connectivity index (χ0v) is 12.7. The average molecular weight is 314 g/mol. The first-order chi connectivity index (χ1) is 9.58. The van der Waals surface area contributed by atoms with Crippen LogP contribution in [0, 0.1) is 23.0 Å². The van der Waals surface area contributed by atoms with Gasteiger partial charge < -0.3 is 10.6 Å². The molecule has 1 aromatic carbocycles. The van der Waals surface area contributed by atoms with Gasteiger partial charge in [0.1, 0.15) is 0 Å². The first-order valence-electron chi connectivity index (χ1n) is 6.78. The van der Waals surface area contributed by atoms with Crippen molar-refractivity contribution in [1.82, 2.24) is 10.6 Å². The molecule has 0 spiro atoms. The van der Waals surface area contributed by atoms with E-state index in [0.717, 1.165) is 25.1 Å². The number of nitro benzene ring substituents is 1. The van der Waals surface area contributed by atoms with Crippen LogP contribution in [0.15, 0.2) is 18.2 Å². The highest BCUT2D eigenvalue weighted by Crippen LogP contribution is 2.21. The Labute approximate surface area is 129 Å². The fourth-order valence-corrected chi connectivity index (χ4v) is 2.48. The fourth-order valence-electron chi connectivity index (χ4n) is 2.48. The summed E-state index contributed by atoms with van der Waals surface area (Å²) >= 11 is 0. The number of hydrogen-bond donors (Lipinski definition) is 2. The molecule has 7 heteroatoms. The second-order valence-electron chi connectivity index (χ2n) is 5.16. The van der Waals surface area contributed by atoms with Gasteiger partial charge in [-0.25, -0.2) is 0 Å². The van der Waals surface area contributed by atoms with Crippen molar-refractivity contribution in [2.45, 2.75) is 26.3 Å². The maximum atomic E-state index is 11.8. The SMILES string of the molecule is Cc1c(CNC(=O)CC2CCNC2)cccc1[N+](=O)[O-].Cl. The fraction of sp³-hybridized carbons (Fsp3) is 0.500. The molecule has 0 aliphatic carbocycles. The Bertz CT molecular complexity index is 516. The van der Waals surface area contributed by atoms with Gasteiger partial charge in [0.05, 0.1) is 4.92 Å². The minimum absolute atomic E-state index is 0. The highest BCUT2D eigenvalue weighted by Gasteiger charge is 2.18. The van der Waals surface area contributed by atoms with Crippen LogP contribution in [-0.4, -0.2) is 23.9 Å². The van der Waals surface area contributed by atoms with Crippen molar-refractivity contribution in [3.63, 3.8) is 0 Å². The largest absolute Gasteiger partial charge is 0.352 e. The summed E-state index contributed by atoms with van der Waals surface area (Å²) in [6.07, 6.45) is 1.55. The van der Waals surface area contributed by atoms with Crippen LogP contribution >= 0.6 is 12.4 Å². The summed E-state index contributed by atoms with van der Waals surface area (Å²) in [4.78, 5) is 22.3. The Morgan fingerprint density at radius 3 is 2.90 bits per heavy atom. The van der Waals surface area contributed by atoms with E-state index in [9.17, 15) is 14.9 Å². The maximum Gasteiger partial charge on any atom is 0.272 e. The third-order valence-corrected chi connectivity index (χ3v) is 3.73. The summed E-state index contributed by atoms with van der Waals surface area (Å²) < 4.78 is 0. The zero-order valence-electron chi connectivity index (χ0n) is 11.9. The van der Waals surface area contributed by atoms with Crippen LogP contribution in [0.4, 0.5) is 5.69 Å². The van der Waals surface area contributed by atoms with Crippen molar-refractivity contribution in [2.75, 3.05) is 13.1 Å². The maximum absolute atomic E-state index is 11.8. The Balaban J connectivity index is 0.00000220. The summed E-state index contributed by atoms with van der Waals surface area (Å²) in [6, 6.07) is 4.93. The van der Waals surface area contributed by atoms with E-state index >= 15 is 0 Å². The average Bonchev–Trinajstić information content (AvgIpc) is 2.90. The summed E-state index contributed by atoms with van der Waals surface area (Å²) in [5.74, 6) is 0.408.